The fourth-order valence-corrected chi connectivity index (χ4v) is 2.85. The van der Waals surface area contributed by atoms with Crippen LogP contribution in [0, 0.1) is 5.92 Å². The maximum atomic E-state index is 13.0. The van der Waals surface area contributed by atoms with E-state index in [1.165, 1.54) is 0 Å². The molecule has 2 rings (SSSR count). The largest absolute Gasteiger partial charge is 0.508 e. The number of nitrogens with one attached hydrogen (secondary N) is 1. The third-order valence-electron chi connectivity index (χ3n) is 4.07. The van der Waals surface area contributed by atoms with Gasteiger partial charge < -0.3 is 20.3 Å². The summed E-state index contributed by atoms with van der Waals surface area (Å²) in [7, 11) is 0. The number of hydrogen-bond donors (Lipinski definition) is 3. The third-order valence-corrected chi connectivity index (χ3v) is 4.07. The molecular weight excluding hydrogens is 343 g/mol. The molecule has 0 heterocycles. The van der Waals surface area contributed by atoms with E-state index in [9.17, 15) is 27.9 Å². The van der Waals surface area contributed by atoms with Crippen LogP contribution in [0.25, 0.3) is 0 Å². The summed E-state index contributed by atoms with van der Waals surface area (Å²) in [5, 5.41) is 20.9. The molecule has 0 unspecified atom stereocenters. The van der Waals surface area contributed by atoms with Gasteiger partial charge in [-0.2, -0.15) is 13.2 Å². The van der Waals surface area contributed by atoms with Crippen LogP contribution in [0.5, 0.6) is 11.5 Å². The molecule has 1 aliphatic rings. The number of ether oxygens (including phenoxy) is 1. The number of esters is 1. The normalized spacial score (nSPS) is 20.8. The Morgan fingerprint density at radius 1 is 1.20 bits per heavy atom. The fraction of sp³-hybridized carbons (Fsp3) is 0.500. The zero-order valence-corrected chi connectivity index (χ0v) is 13.2. The Balaban J connectivity index is 1.90. The molecule has 138 valence electrons. The molecule has 1 amide bonds. The second kappa shape index (κ2) is 7.62. The molecule has 1 saturated carbocycles. The predicted molar refractivity (Wildman–Crippen MR) is 80.0 cm³/mol. The molecule has 6 nitrogen and oxygen atoms in total. The van der Waals surface area contributed by atoms with Gasteiger partial charge >= 0.3 is 12.1 Å². The van der Waals surface area contributed by atoms with Crippen LogP contribution in [-0.2, 0) is 9.53 Å². The molecule has 0 aromatic heterocycles. The van der Waals surface area contributed by atoms with Crippen molar-refractivity contribution >= 4 is 11.9 Å². The highest BCUT2D eigenvalue weighted by Gasteiger charge is 2.45. The van der Waals surface area contributed by atoms with E-state index in [4.69, 9.17) is 9.84 Å². The summed E-state index contributed by atoms with van der Waals surface area (Å²) in [5.74, 6) is -4.27. The van der Waals surface area contributed by atoms with Gasteiger partial charge in [-0.3, -0.25) is 4.79 Å². The van der Waals surface area contributed by atoms with Gasteiger partial charge in [0.15, 0.2) is 6.61 Å². The van der Waals surface area contributed by atoms with Gasteiger partial charge in [0.25, 0.3) is 5.91 Å². The van der Waals surface area contributed by atoms with E-state index in [0.29, 0.717) is 12.8 Å². The summed E-state index contributed by atoms with van der Waals surface area (Å²) in [5.41, 5.74) is -0.267. The van der Waals surface area contributed by atoms with Crippen LogP contribution < -0.4 is 5.32 Å². The minimum absolute atomic E-state index is 0.0460. The summed E-state index contributed by atoms with van der Waals surface area (Å²) in [6.45, 7) is -0.764. The van der Waals surface area contributed by atoms with Crippen molar-refractivity contribution in [3.63, 3.8) is 0 Å². The number of phenolic OH excluding ortho intramolecular Hbond substituents is 2. The van der Waals surface area contributed by atoms with Crippen molar-refractivity contribution in [2.75, 3.05) is 6.61 Å². The average Bonchev–Trinajstić information content (AvgIpc) is 2.52. The Bertz CT molecular complexity index is 647. The molecule has 0 bridgehead atoms. The SMILES string of the molecule is O=C(COC(=O)c1ccc(O)cc1O)N[C@@H]1CCCC[C@@H]1C(F)(F)F. The first-order valence-electron chi connectivity index (χ1n) is 7.73. The highest BCUT2D eigenvalue weighted by molar-refractivity contribution is 5.94. The van der Waals surface area contributed by atoms with Crippen molar-refractivity contribution in [3.05, 3.63) is 23.8 Å². The van der Waals surface area contributed by atoms with Crippen molar-refractivity contribution in [2.24, 2.45) is 5.92 Å². The lowest BCUT2D eigenvalue weighted by Crippen LogP contribution is -2.48. The van der Waals surface area contributed by atoms with E-state index < -0.39 is 42.4 Å². The number of carbonyl (C=O) groups excluding carboxylic acids is 2. The maximum Gasteiger partial charge on any atom is 0.393 e. The van der Waals surface area contributed by atoms with Gasteiger partial charge in [0, 0.05) is 12.1 Å². The van der Waals surface area contributed by atoms with E-state index in [-0.39, 0.29) is 24.2 Å². The molecule has 0 saturated heterocycles. The number of carbonyl (C=O) groups is 2. The van der Waals surface area contributed by atoms with Crippen LogP contribution in [0.2, 0.25) is 0 Å². The Morgan fingerprint density at radius 3 is 2.52 bits per heavy atom. The summed E-state index contributed by atoms with van der Waals surface area (Å²) in [6.07, 6.45) is -3.20. The summed E-state index contributed by atoms with van der Waals surface area (Å²) >= 11 is 0. The topological polar surface area (TPSA) is 95.9 Å². The van der Waals surface area contributed by atoms with E-state index in [1.54, 1.807) is 0 Å². The molecule has 2 atom stereocenters. The number of alkyl halides is 3. The molecule has 1 fully saturated rings. The number of rotatable bonds is 4. The molecule has 1 aliphatic carbocycles. The van der Waals surface area contributed by atoms with Crippen LogP contribution in [0.15, 0.2) is 18.2 Å². The first-order chi connectivity index (χ1) is 11.7. The average molecular weight is 361 g/mol. The first kappa shape index (κ1) is 18.9. The zero-order valence-electron chi connectivity index (χ0n) is 13.2. The van der Waals surface area contributed by atoms with E-state index in [0.717, 1.165) is 18.2 Å². The summed E-state index contributed by atoms with van der Waals surface area (Å²) in [6, 6.07) is 2.13. The number of hydrogen-bond acceptors (Lipinski definition) is 5. The standard InChI is InChI=1S/C16H18F3NO5/c17-16(18,19)11-3-1-2-4-12(11)20-14(23)8-25-15(24)10-6-5-9(21)7-13(10)22/h5-7,11-12,21-22H,1-4,8H2,(H,20,23)/t11-,12+/m0/s1. The number of halogens is 3. The van der Waals surface area contributed by atoms with Crippen LogP contribution in [0.1, 0.15) is 36.0 Å². The van der Waals surface area contributed by atoms with Gasteiger partial charge in [-0.1, -0.05) is 12.8 Å². The third kappa shape index (κ3) is 5.01. The minimum Gasteiger partial charge on any atom is -0.508 e. The van der Waals surface area contributed by atoms with Crippen LogP contribution >= 0.6 is 0 Å². The molecule has 1 aromatic rings. The molecule has 0 radical (unpaired) electrons. The quantitative estimate of drug-likeness (QED) is 0.716. The van der Waals surface area contributed by atoms with Gasteiger partial charge in [0.1, 0.15) is 17.1 Å². The van der Waals surface area contributed by atoms with Gasteiger partial charge in [-0.15, -0.1) is 0 Å². The molecular formula is C16H18F3NO5. The van der Waals surface area contributed by atoms with Crippen molar-refractivity contribution in [1.82, 2.24) is 5.32 Å². The Kier molecular flexibility index (Phi) is 5.76. The smallest absolute Gasteiger partial charge is 0.393 e. The number of phenols is 2. The molecule has 1 aromatic carbocycles. The molecule has 9 heteroatoms. The van der Waals surface area contributed by atoms with Crippen molar-refractivity contribution < 1.29 is 37.7 Å². The van der Waals surface area contributed by atoms with E-state index in [1.807, 2.05) is 0 Å². The van der Waals surface area contributed by atoms with Gasteiger partial charge in [-0.05, 0) is 25.0 Å². The van der Waals surface area contributed by atoms with Crippen LogP contribution in [0.4, 0.5) is 13.2 Å². The van der Waals surface area contributed by atoms with Gasteiger partial charge in [0.05, 0.1) is 5.92 Å². The van der Waals surface area contributed by atoms with Gasteiger partial charge in [-0.25, -0.2) is 4.79 Å². The lowest BCUT2D eigenvalue weighted by molar-refractivity contribution is -0.189. The minimum atomic E-state index is -4.40. The number of amides is 1. The highest BCUT2D eigenvalue weighted by Crippen LogP contribution is 2.37. The van der Waals surface area contributed by atoms with Crippen molar-refractivity contribution in [3.8, 4) is 11.5 Å². The van der Waals surface area contributed by atoms with Crippen LogP contribution in [-0.4, -0.2) is 40.9 Å². The number of aromatic hydroxyl groups is 2. The van der Waals surface area contributed by atoms with E-state index >= 15 is 0 Å². The summed E-state index contributed by atoms with van der Waals surface area (Å²) < 4.78 is 43.6. The Labute approximate surface area is 141 Å². The number of benzene rings is 1. The second-order valence-electron chi connectivity index (χ2n) is 5.88. The highest BCUT2D eigenvalue weighted by atomic mass is 19.4. The van der Waals surface area contributed by atoms with E-state index in [2.05, 4.69) is 5.32 Å². The monoisotopic (exact) mass is 361 g/mol. The zero-order chi connectivity index (χ0) is 18.6. The predicted octanol–water partition coefficient (Wildman–Crippen LogP) is 2.49. The lowest BCUT2D eigenvalue weighted by Gasteiger charge is -2.33. The van der Waals surface area contributed by atoms with Crippen molar-refractivity contribution in [2.45, 2.75) is 37.9 Å². The van der Waals surface area contributed by atoms with Crippen LogP contribution in [0.3, 0.4) is 0 Å². The fourth-order valence-electron chi connectivity index (χ4n) is 2.85. The van der Waals surface area contributed by atoms with Gasteiger partial charge in [0.2, 0.25) is 0 Å². The first-order valence-corrected chi connectivity index (χ1v) is 7.73. The maximum absolute atomic E-state index is 13.0. The molecule has 25 heavy (non-hydrogen) atoms. The Hall–Kier alpha value is -2.45. The second-order valence-corrected chi connectivity index (χ2v) is 5.88. The summed E-state index contributed by atoms with van der Waals surface area (Å²) in [4.78, 5) is 23.6. The molecule has 0 spiro atoms. The van der Waals surface area contributed by atoms with Crippen molar-refractivity contribution in [1.29, 1.82) is 0 Å². The molecule has 0 aliphatic heterocycles. The molecule has 3 N–H and O–H groups in total. The lowest BCUT2D eigenvalue weighted by atomic mass is 9.84. The Morgan fingerprint density at radius 2 is 1.88 bits per heavy atom.